The molecule has 2 saturated heterocycles. The fourth-order valence-corrected chi connectivity index (χ4v) is 4.22. The number of hydrogen-bond donors (Lipinski definition) is 1. The number of benzene rings is 1. The van der Waals surface area contributed by atoms with Gasteiger partial charge in [0, 0.05) is 44.3 Å². The zero-order valence-corrected chi connectivity index (χ0v) is 15.9. The molecule has 5 heteroatoms. The van der Waals surface area contributed by atoms with Gasteiger partial charge in [0.1, 0.15) is 0 Å². The first-order valence-corrected chi connectivity index (χ1v) is 9.61. The minimum atomic E-state index is -0.0101. The Morgan fingerprint density at radius 1 is 1.20 bits per heavy atom. The van der Waals surface area contributed by atoms with Crippen molar-refractivity contribution in [2.45, 2.75) is 31.8 Å². The van der Waals surface area contributed by atoms with Crippen LogP contribution in [0.25, 0.3) is 0 Å². The van der Waals surface area contributed by atoms with Gasteiger partial charge in [-0.3, -0.25) is 14.6 Å². The summed E-state index contributed by atoms with van der Waals surface area (Å²) in [6.45, 7) is 9.18. The molecule has 2 aliphatic rings. The second-order valence-electron chi connectivity index (χ2n) is 7.36. The Bertz CT molecular complexity index is 583. The normalized spacial score (nSPS) is 24.4. The minimum absolute atomic E-state index is 0.0101. The first kappa shape index (κ1) is 18.4. The Hall–Kier alpha value is -1.43. The number of likely N-dealkylation sites (N-methyl/N-ethyl adjacent to an activating group) is 1. The van der Waals surface area contributed by atoms with Crippen molar-refractivity contribution in [3.63, 3.8) is 0 Å². The predicted molar refractivity (Wildman–Crippen MR) is 102 cm³/mol. The molecule has 1 amide bonds. The zero-order chi connectivity index (χ0) is 17.8. The van der Waals surface area contributed by atoms with Crippen molar-refractivity contribution in [3.8, 4) is 0 Å². The van der Waals surface area contributed by atoms with Crippen molar-refractivity contribution in [3.05, 3.63) is 35.4 Å². The highest BCUT2D eigenvalue weighted by molar-refractivity contribution is 5.94. The number of piperazine rings is 1. The van der Waals surface area contributed by atoms with Crippen molar-refractivity contribution in [1.82, 2.24) is 20.0 Å². The molecule has 0 bridgehead atoms. The average Bonchev–Trinajstić information content (AvgIpc) is 2.68. The molecule has 0 saturated carbocycles. The lowest BCUT2D eigenvalue weighted by molar-refractivity contribution is 0.0369. The molecule has 1 atom stereocenters. The van der Waals surface area contributed by atoms with Crippen LogP contribution in [0.3, 0.4) is 0 Å². The summed E-state index contributed by atoms with van der Waals surface area (Å²) in [6, 6.07) is 9.19. The van der Waals surface area contributed by atoms with Gasteiger partial charge in [-0.05, 0) is 57.2 Å². The maximum Gasteiger partial charge on any atom is 0.251 e. The van der Waals surface area contributed by atoms with Gasteiger partial charge in [0.15, 0.2) is 0 Å². The van der Waals surface area contributed by atoms with E-state index in [-0.39, 0.29) is 5.91 Å². The van der Waals surface area contributed by atoms with Crippen LogP contribution in [-0.4, -0.2) is 80.0 Å². The molecule has 0 aromatic heterocycles. The molecule has 1 N–H and O–H groups in total. The van der Waals surface area contributed by atoms with Crippen LogP contribution in [0.2, 0.25) is 0 Å². The third kappa shape index (κ3) is 4.22. The summed E-state index contributed by atoms with van der Waals surface area (Å²) < 4.78 is 0. The highest BCUT2D eigenvalue weighted by atomic mass is 16.1. The SMILES string of the molecule is CCN1CCC(N2CCN(C)[C@H](c3cccc(C(=O)NC)c3)C2)CC1. The molecule has 0 unspecified atom stereocenters. The maximum atomic E-state index is 12.0. The largest absolute Gasteiger partial charge is 0.355 e. The van der Waals surface area contributed by atoms with Crippen LogP contribution < -0.4 is 5.32 Å². The molecule has 25 heavy (non-hydrogen) atoms. The van der Waals surface area contributed by atoms with Crippen LogP contribution in [0.1, 0.15) is 41.7 Å². The number of nitrogens with one attached hydrogen (secondary N) is 1. The molecule has 2 fully saturated rings. The molecule has 138 valence electrons. The predicted octanol–water partition coefficient (Wildman–Crippen LogP) is 1.82. The van der Waals surface area contributed by atoms with E-state index in [1.165, 1.54) is 38.0 Å². The Balaban J connectivity index is 1.70. The second kappa shape index (κ2) is 8.30. The molecule has 5 nitrogen and oxygen atoms in total. The van der Waals surface area contributed by atoms with E-state index in [4.69, 9.17) is 0 Å². The van der Waals surface area contributed by atoms with E-state index in [9.17, 15) is 4.79 Å². The summed E-state index contributed by atoms with van der Waals surface area (Å²) in [6.07, 6.45) is 2.56. The van der Waals surface area contributed by atoms with E-state index >= 15 is 0 Å². The van der Waals surface area contributed by atoms with Gasteiger partial charge in [-0.15, -0.1) is 0 Å². The van der Waals surface area contributed by atoms with Crippen molar-refractivity contribution < 1.29 is 4.79 Å². The first-order valence-electron chi connectivity index (χ1n) is 9.61. The Kier molecular flexibility index (Phi) is 6.10. The minimum Gasteiger partial charge on any atom is -0.355 e. The number of carbonyl (C=O) groups excluding carboxylic acids is 1. The lowest BCUT2D eigenvalue weighted by atomic mass is 9.96. The van der Waals surface area contributed by atoms with Crippen molar-refractivity contribution >= 4 is 5.91 Å². The molecule has 1 aromatic carbocycles. The number of nitrogens with zero attached hydrogens (tertiary/aromatic N) is 3. The quantitative estimate of drug-likeness (QED) is 0.904. The average molecular weight is 345 g/mol. The monoisotopic (exact) mass is 344 g/mol. The molecular weight excluding hydrogens is 312 g/mol. The second-order valence-corrected chi connectivity index (χ2v) is 7.36. The lowest BCUT2D eigenvalue weighted by Crippen LogP contribution is -2.53. The number of piperidine rings is 1. The number of rotatable bonds is 4. The molecule has 0 radical (unpaired) electrons. The van der Waals surface area contributed by atoms with Gasteiger partial charge in [0.2, 0.25) is 0 Å². The number of likely N-dealkylation sites (tertiary alicyclic amines) is 1. The fourth-order valence-electron chi connectivity index (χ4n) is 4.22. The van der Waals surface area contributed by atoms with Gasteiger partial charge in [0.05, 0.1) is 0 Å². The molecule has 2 heterocycles. The smallest absolute Gasteiger partial charge is 0.251 e. The van der Waals surface area contributed by atoms with Gasteiger partial charge in [-0.1, -0.05) is 19.1 Å². The lowest BCUT2D eigenvalue weighted by Gasteiger charge is -2.45. The summed E-state index contributed by atoms with van der Waals surface area (Å²) in [5.41, 5.74) is 2.00. The summed E-state index contributed by atoms with van der Waals surface area (Å²) in [7, 11) is 3.89. The van der Waals surface area contributed by atoms with E-state index < -0.39 is 0 Å². The standard InChI is InChI=1S/C20H32N4O/c1-4-23-10-8-18(9-11-23)24-13-12-22(3)19(15-24)16-6-5-7-17(14-16)20(25)21-2/h5-7,14,18-19H,4,8-13,15H2,1-3H3,(H,21,25)/t19-/m0/s1. The first-order chi connectivity index (χ1) is 12.1. The van der Waals surface area contributed by atoms with E-state index in [1.54, 1.807) is 7.05 Å². The Morgan fingerprint density at radius 3 is 2.64 bits per heavy atom. The van der Waals surface area contributed by atoms with E-state index in [0.29, 0.717) is 12.1 Å². The van der Waals surface area contributed by atoms with Gasteiger partial charge in [-0.2, -0.15) is 0 Å². The summed E-state index contributed by atoms with van der Waals surface area (Å²) in [5.74, 6) is -0.0101. The maximum absolute atomic E-state index is 12.0. The third-order valence-corrected chi connectivity index (χ3v) is 5.96. The van der Waals surface area contributed by atoms with E-state index in [1.807, 2.05) is 12.1 Å². The van der Waals surface area contributed by atoms with Crippen molar-refractivity contribution in [1.29, 1.82) is 0 Å². The molecule has 2 aliphatic heterocycles. The van der Waals surface area contributed by atoms with Gasteiger partial charge < -0.3 is 10.2 Å². The summed E-state index contributed by atoms with van der Waals surface area (Å²) in [4.78, 5) is 19.6. The van der Waals surface area contributed by atoms with Crippen LogP contribution >= 0.6 is 0 Å². The Labute approximate surface area is 152 Å². The van der Waals surface area contributed by atoms with Gasteiger partial charge >= 0.3 is 0 Å². The Morgan fingerprint density at radius 2 is 1.96 bits per heavy atom. The van der Waals surface area contributed by atoms with Crippen molar-refractivity contribution in [2.24, 2.45) is 0 Å². The highest BCUT2D eigenvalue weighted by Gasteiger charge is 2.31. The van der Waals surface area contributed by atoms with Crippen LogP contribution in [0.15, 0.2) is 24.3 Å². The zero-order valence-electron chi connectivity index (χ0n) is 15.9. The highest BCUT2D eigenvalue weighted by Crippen LogP contribution is 2.28. The molecule has 0 spiro atoms. The molecular formula is C20H32N4O. The number of amides is 1. The molecule has 3 rings (SSSR count). The van der Waals surface area contributed by atoms with Crippen molar-refractivity contribution in [2.75, 3.05) is 53.4 Å². The van der Waals surface area contributed by atoms with Crippen LogP contribution in [-0.2, 0) is 0 Å². The number of carbonyl (C=O) groups is 1. The third-order valence-electron chi connectivity index (χ3n) is 5.96. The topological polar surface area (TPSA) is 38.8 Å². The molecule has 0 aliphatic carbocycles. The van der Waals surface area contributed by atoms with E-state index in [2.05, 4.69) is 46.1 Å². The number of hydrogen-bond acceptors (Lipinski definition) is 4. The summed E-state index contributed by atoms with van der Waals surface area (Å²) >= 11 is 0. The van der Waals surface area contributed by atoms with Crippen LogP contribution in [0, 0.1) is 0 Å². The summed E-state index contributed by atoms with van der Waals surface area (Å²) in [5, 5.41) is 2.73. The van der Waals surface area contributed by atoms with Crippen LogP contribution in [0.4, 0.5) is 0 Å². The van der Waals surface area contributed by atoms with Gasteiger partial charge in [0.25, 0.3) is 5.91 Å². The molecule has 1 aromatic rings. The fraction of sp³-hybridized carbons (Fsp3) is 0.650. The van der Waals surface area contributed by atoms with Crippen LogP contribution in [0.5, 0.6) is 0 Å². The van der Waals surface area contributed by atoms with Gasteiger partial charge in [-0.25, -0.2) is 0 Å². The van der Waals surface area contributed by atoms with E-state index in [0.717, 1.165) is 25.2 Å².